The summed E-state index contributed by atoms with van der Waals surface area (Å²) in [6.45, 7) is 2.35. The van der Waals surface area contributed by atoms with E-state index < -0.39 is 0 Å². The average Bonchev–Trinajstić information content (AvgIpc) is 3.01. The first-order valence-corrected chi connectivity index (χ1v) is 7.34. The van der Waals surface area contributed by atoms with Crippen LogP contribution in [0.4, 0.5) is 11.4 Å². The van der Waals surface area contributed by atoms with E-state index >= 15 is 0 Å². The van der Waals surface area contributed by atoms with Crippen molar-refractivity contribution >= 4 is 29.2 Å². The molecule has 0 atom stereocenters. The van der Waals surface area contributed by atoms with E-state index in [9.17, 15) is 0 Å². The van der Waals surface area contributed by atoms with Crippen LogP contribution in [-0.4, -0.2) is 19.3 Å². The lowest BCUT2D eigenvalue weighted by Crippen LogP contribution is -2.17. The molecule has 3 rings (SSSR count). The Labute approximate surface area is 124 Å². The van der Waals surface area contributed by atoms with Crippen LogP contribution in [-0.2, 0) is 0 Å². The third kappa shape index (κ3) is 3.20. The van der Waals surface area contributed by atoms with Gasteiger partial charge in [0.1, 0.15) is 0 Å². The molecular formula is C17H17ClN2. The topological polar surface area (TPSA) is 15.6 Å². The van der Waals surface area contributed by atoms with Crippen molar-refractivity contribution in [1.82, 2.24) is 0 Å². The highest BCUT2D eigenvalue weighted by atomic mass is 35.5. The van der Waals surface area contributed by atoms with Gasteiger partial charge in [-0.2, -0.15) is 0 Å². The van der Waals surface area contributed by atoms with Gasteiger partial charge in [-0.3, -0.25) is 4.99 Å². The normalized spacial score (nSPS) is 15.2. The number of aliphatic imine (C=N–C) groups is 1. The summed E-state index contributed by atoms with van der Waals surface area (Å²) < 4.78 is 0. The van der Waals surface area contributed by atoms with Crippen LogP contribution in [0.3, 0.4) is 0 Å². The summed E-state index contributed by atoms with van der Waals surface area (Å²) in [6.07, 6.45) is 4.47. The van der Waals surface area contributed by atoms with Gasteiger partial charge in [-0.1, -0.05) is 23.7 Å². The van der Waals surface area contributed by atoms with E-state index in [0.717, 1.165) is 16.3 Å². The monoisotopic (exact) mass is 284 g/mol. The number of anilines is 1. The van der Waals surface area contributed by atoms with Crippen LogP contribution in [0.5, 0.6) is 0 Å². The van der Waals surface area contributed by atoms with E-state index in [0.29, 0.717) is 0 Å². The van der Waals surface area contributed by atoms with Gasteiger partial charge >= 0.3 is 0 Å². The summed E-state index contributed by atoms with van der Waals surface area (Å²) in [5, 5.41) is 0.747. The van der Waals surface area contributed by atoms with Gasteiger partial charge < -0.3 is 4.90 Å². The maximum atomic E-state index is 5.86. The molecule has 0 bridgehead atoms. The van der Waals surface area contributed by atoms with Crippen molar-refractivity contribution in [3.8, 4) is 0 Å². The molecule has 1 fully saturated rings. The fourth-order valence-corrected chi connectivity index (χ4v) is 2.55. The van der Waals surface area contributed by atoms with Crippen LogP contribution < -0.4 is 4.90 Å². The summed E-state index contributed by atoms with van der Waals surface area (Å²) in [5.41, 5.74) is 3.33. The Bertz CT molecular complexity index is 581. The van der Waals surface area contributed by atoms with Crippen LogP contribution in [0.25, 0.3) is 0 Å². The molecule has 2 aromatic carbocycles. The average molecular weight is 285 g/mol. The molecule has 20 heavy (non-hydrogen) atoms. The molecule has 3 heteroatoms. The standard InChI is InChI=1S/C17H17ClN2/c18-15-5-3-14(4-6-15)13-19-16-7-9-17(10-8-16)20-11-1-2-12-20/h3-10,13H,1-2,11-12H2. The van der Waals surface area contributed by atoms with Crippen molar-refractivity contribution < 1.29 is 0 Å². The largest absolute Gasteiger partial charge is 0.372 e. The molecule has 0 aliphatic carbocycles. The first kappa shape index (κ1) is 13.2. The SMILES string of the molecule is Clc1ccc(C=Nc2ccc(N3CCCC3)cc2)cc1. The molecule has 1 aliphatic heterocycles. The Morgan fingerprint density at radius 1 is 0.900 bits per heavy atom. The Kier molecular flexibility index (Phi) is 4.03. The molecule has 0 radical (unpaired) electrons. The fraction of sp³-hybridized carbons (Fsp3) is 0.235. The summed E-state index contributed by atoms with van der Waals surface area (Å²) in [7, 11) is 0. The van der Waals surface area contributed by atoms with Gasteiger partial charge in [0.15, 0.2) is 0 Å². The molecule has 1 aliphatic rings. The second-order valence-electron chi connectivity index (χ2n) is 5.02. The van der Waals surface area contributed by atoms with Gasteiger partial charge in [0.2, 0.25) is 0 Å². The second-order valence-corrected chi connectivity index (χ2v) is 5.46. The van der Waals surface area contributed by atoms with Crippen molar-refractivity contribution in [2.24, 2.45) is 4.99 Å². The summed E-state index contributed by atoms with van der Waals surface area (Å²) >= 11 is 5.86. The first-order valence-electron chi connectivity index (χ1n) is 6.96. The Hall–Kier alpha value is -1.80. The highest BCUT2D eigenvalue weighted by Gasteiger charge is 2.11. The third-order valence-corrected chi connectivity index (χ3v) is 3.81. The van der Waals surface area contributed by atoms with Gasteiger partial charge in [-0.15, -0.1) is 0 Å². The lowest BCUT2D eigenvalue weighted by molar-refractivity contribution is 0.949. The minimum Gasteiger partial charge on any atom is -0.372 e. The van der Waals surface area contributed by atoms with E-state index in [2.05, 4.69) is 34.2 Å². The van der Waals surface area contributed by atoms with Crippen LogP contribution in [0, 0.1) is 0 Å². The zero-order valence-corrected chi connectivity index (χ0v) is 12.1. The van der Waals surface area contributed by atoms with Crippen molar-refractivity contribution in [1.29, 1.82) is 0 Å². The molecule has 1 heterocycles. The zero-order valence-electron chi connectivity index (χ0n) is 11.3. The molecule has 0 N–H and O–H groups in total. The predicted octanol–water partition coefficient (Wildman–Crippen LogP) is 4.69. The number of rotatable bonds is 3. The quantitative estimate of drug-likeness (QED) is 0.747. The van der Waals surface area contributed by atoms with Gasteiger partial charge in [0, 0.05) is 30.0 Å². The fourth-order valence-electron chi connectivity index (χ4n) is 2.42. The van der Waals surface area contributed by atoms with Gasteiger partial charge in [0.05, 0.1) is 5.69 Å². The van der Waals surface area contributed by atoms with E-state index in [1.165, 1.54) is 31.6 Å². The molecule has 0 saturated carbocycles. The number of benzene rings is 2. The van der Waals surface area contributed by atoms with Gasteiger partial charge in [-0.25, -0.2) is 0 Å². The Morgan fingerprint density at radius 3 is 2.20 bits per heavy atom. The van der Waals surface area contributed by atoms with Crippen molar-refractivity contribution in [2.45, 2.75) is 12.8 Å². The van der Waals surface area contributed by atoms with Crippen LogP contribution in [0.2, 0.25) is 5.02 Å². The Morgan fingerprint density at radius 2 is 1.55 bits per heavy atom. The molecule has 0 aromatic heterocycles. The van der Waals surface area contributed by atoms with Crippen LogP contribution >= 0.6 is 11.6 Å². The summed E-state index contributed by atoms with van der Waals surface area (Å²) in [4.78, 5) is 6.91. The number of halogens is 1. The lowest BCUT2D eigenvalue weighted by atomic mass is 10.2. The highest BCUT2D eigenvalue weighted by molar-refractivity contribution is 6.30. The van der Waals surface area contributed by atoms with Crippen LogP contribution in [0.15, 0.2) is 53.5 Å². The first-order chi connectivity index (χ1) is 9.81. The van der Waals surface area contributed by atoms with E-state index in [-0.39, 0.29) is 0 Å². The summed E-state index contributed by atoms with van der Waals surface area (Å²) in [6, 6.07) is 16.1. The third-order valence-electron chi connectivity index (χ3n) is 3.55. The second kappa shape index (κ2) is 6.10. The van der Waals surface area contributed by atoms with Gasteiger partial charge in [0.25, 0.3) is 0 Å². The molecule has 0 unspecified atom stereocenters. The smallest absolute Gasteiger partial charge is 0.0631 e. The lowest BCUT2D eigenvalue weighted by Gasteiger charge is -2.17. The molecule has 1 saturated heterocycles. The van der Waals surface area contributed by atoms with Crippen molar-refractivity contribution in [3.63, 3.8) is 0 Å². The molecule has 0 spiro atoms. The highest BCUT2D eigenvalue weighted by Crippen LogP contribution is 2.23. The molecule has 102 valence electrons. The minimum atomic E-state index is 0.747. The molecular weight excluding hydrogens is 268 g/mol. The minimum absolute atomic E-state index is 0.747. The molecule has 2 nitrogen and oxygen atoms in total. The maximum Gasteiger partial charge on any atom is 0.0631 e. The number of hydrogen-bond acceptors (Lipinski definition) is 2. The summed E-state index contributed by atoms with van der Waals surface area (Å²) in [5.74, 6) is 0. The van der Waals surface area contributed by atoms with E-state index in [1.807, 2.05) is 30.5 Å². The van der Waals surface area contributed by atoms with Gasteiger partial charge in [-0.05, 0) is 54.8 Å². The van der Waals surface area contributed by atoms with Crippen molar-refractivity contribution in [3.05, 3.63) is 59.1 Å². The molecule has 0 amide bonds. The van der Waals surface area contributed by atoms with E-state index in [1.54, 1.807) is 0 Å². The maximum absolute atomic E-state index is 5.86. The predicted molar refractivity (Wildman–Crippen MR) is 86.6 cm³/mol. The zero-order chi connectivity index (χ0) is 13.8. The van der Waals surface area contributed by atoms with Crippen molar-refractivity contribution in [2.75, 3.05) is 18.0 Å². The van der Waals surface area contributed by atoms with Crippen LogP contribution in [0.1, 0.15) is 18.4 Å². The number of hydrogen-bond donors (Lipinski definition) is 0. The molecule has 2 aromatic rings. The number of nitrogens with zero attached hydrogens (tertiary/aromatic N) is 2. The Balaban J connectivity index is 1.69. The van der Waals surface area contributed by atoms with E-state index in [4.69, 9.17) is 11.6 Å².